The lowest BCUT2D eigenvalue weighted by atomic mass is 10.1. The van der Waals surface area contributed by atoms with Gasteiger partial charge in [-0.3, -0.25) is 10.2 Å². The molecular formula is C22H23N5OS. The van der Waals surface area contributed by atoms with Crippen molar-refractivity contribution in [1.82, 2.24) is 9.58 Å². The highest BCUT2D eigenvalue weighted by atomic mass is 32.2. The molecule has 1 amide bonds. The van der Waals surface area contributed by atoms with E-state index in [9.17, 15) is 4.79 Å². The fourth-order valence-corrected chi connectivity index (χ4v) is 4.44. The van der Waals surface area contributed by atoms with Crippen LogP contribution in [0.4, 0.5) is 0 Å². The molecule has 0 saturated heterocycles. The summed E-state index contributed by atoms with van der Waals surface area (Å²) in [6.45, 7) is 6.26. The van der Waals surface area contributed by atoms with Gasteiger partial charge in [-0.1, -0.05) is 31.5 Å². The fourth-order valence-electron chi connectivity index (χ4n) is 3.51. The number of aromatic nitrogens is 1. The van der Waals surface area contributed by atoms with Crippen molar-refractivity contribution in [2.75, 3.05) is 0 Å². The Morgan fingerprint density at radius 2 is 1.93 bits per heavy atom. The molecule has 0 saturated carbocycles. The lowest BCUT2D eigenvalue weighted by Gasteiger charge is -2.20. The number of hydrazone groups is 1. The summed E-state index contributed by atoms with van der Waals surface area (Å²) in [5.74, 6) is -0.316. The average molecular weight is 406 g/mol. The van der Waals surface area contributed by atoms with Crippen LogP contribution in [-0.2, 0) is 4.79 Å². The van der Waals surface area contributed by atoms with Gasteiger partial charge in [0.2, 0.25) is 5.17 Å². The molecule has 0 spiro atoms. The third kappa shape index (κ3) is 3.58. The van der Waals surface area contributed by atoms with E-state index >= 15 is 0 Å². The lowest BCUT2D eigenvalue weighted by Crippen LogP contribution is -2.35. The van der Waals surface area contributed by atoms with E-state index < -0.39 is 5.91 Å². The van der Waals surface area contributed by atoms with E-state index in [1.807, 2.05) is 29.0 Å². The summed E-state index contributed by atoms with van der Waals surface area (Å²) < 4.78 is 2.05. The maximum absolute atomic E-state index is 12.7. The lowest BCUT2D eigenvalue weighted by molar-refractivity contribution is -0.114. The number of benzene rings is 1. The number of hydrogen-bond donors (Lipinski definition) is 1. The predicted molar refractivity (Wildman–Crippen MR) is 120 cm³/mol. The SMILES string of the molecule is CCCCC1=NN2C(=N)/C(=C/c3cccn3-c3c(C)cccc3C)C(=O)N=C2S1. The first kappa shape index (κ1) is 19.4. The summed E-state index contributed by atoms with van der Waals surface area (Å²) in [7, 11) is 0. The summed E-state index contributed by atoms with van der Waals surface area (Å²) in [6.07, 6.45) is 6.65. The van der Waals surface area contributed by atoms with Gasteiger partial charge in [-0.05, 0) is 67.8 Å². The number of rotatable bonds is 5. The quantitative estimate of drug-likeness (QED) is 0.719. The van der Waals surface area contributed by atoms with E-state index in [0.29, 0.717) is 5.17 Å². The highest BCUT2D eigenvalue weighted by Gasteiger charge is 2.35. The summed E-state index contributed by atoms with van der Waals surface area (Å²) in [5, 5.41) is 15.9. The van der Waals surface area contributed by atoms with Gasteiger partial charge in [-0.15, -0.1) is 0 Å². The predicted octanol–water partition coefficient (Wildman–Crippen LogP) is 4.90. The Labute approximate surface area is 174 Å². The smallest absolute Gasteiger partial charge is 0.283 e. The molecule has 0 fully saturated rings. The van der Waals surface area contributed by atoms with Crippen LogP contribution in [0.5, 0.6) is 0 Å². The molecular weight excluding hydrogens is 382 g/mol. The molecule has 0 bridgehead atoms. The molecule has 0 atom stereocenters. The molecule has 29 heavy (non-hydrogen) atoms. The number of unbranched alkanes of at least 4 members (excludes halogenated alkanes) is 1. The molecule has 1 N–H and O–H groups in total. The number of amides is 1. The molecule has 3 heterocycles. The van der Waals surface area contributed by atoms with Crippen molar-refractivity contribution >= 4 is 39.8 Å². The van der Waals surface area contributed by atoms with E-state index in [1.165, 1.54) is 16.8 Å². The maximum Gasteiger partial charge on any atom is 0.283 e. The van der Waals surface area contributed by atoms with E-state index in [2.05, 4.69) is 43.0 Å². The average Bonchev–Trinajstić information content (AvgIpc) is 3.30. The summed E-state index contributed by atoms with van der Waals surface area (Å²) in [6, 6.07) is 10.0. The second-order valence-corrected chi connectivity index (χ2v) is 8.20. The molecule has 0 radical (unpaired) electrons. The first-order valence-corrected chi connectivity index (χ1v) is 10.5. The van der Waals surface area contributed by atoms with Gasteiger partial charge in [-0.2, -0.15) is 15.1 Å². The normalized spacial score (nSPS) is 17.6. The second kappa shape index (κ2) is 7.83. The zero-order valence-electron chi connectivity index (χ0n) is 16.8. The van der Waals surface area contributed by atoms with Crippen molar-refractivity contribution < 1.29 is 4.79 Å². The second-order valence-electron chi connectivity index (χ2n) is 7.16. The van der Waals surface area contributed by atoms with Crippen molar-refractivity contribution in [3.63, 3.8) is 0 Å². The molecule has 2 aliphatic heterocycles. The number of fused-ring (bicyclic) bond motifs is 1. The third-order valence-electron chi connectivity index (χ3n) is 4.99. The number of carbonyl (C=O) groups is 1. The van der Waals surface area contributed by atoms with Gasteiger partial charge >= 0.3 is 0 Å². The molecule has 1 aromatic carbocycles. The van der Waals surface area contributed by atoms with Crippen LogP contribution in [0.3, 0.4) is 0 Å². The number of nitrogens with zero attached hydrogens (tertiary/aromatic N) is 4. The minimum absolute atomic E-state index is 0.0771. The van der Waals surface area contributed by atoms with Crippen LogP contribution in [0.25, 0.3) is 11.8 Å². The third-order valence-corrected chi connectivity index (χ3v) is 5.96. The van der Waals surface area contributed by atoms with Crippen LogP contribution in [0.1, 0.15) is 43.0 Å². The number of thioether (sulfide) groups is 1. The van der Waals surface area contributed by atoms with E-state index in [-0.39, 0.29) is 11.4 Å². The Morgan fingerprint density at radius 1 is 1.17 bits per heavy atom. The maximum atomic E-state index is 12.7. The Bertz CT molecular complexity index is 1070. The number of hydrogen-bond acceptors (Lipinski definition) is 4. The van der Waals surface area contributed by atoms with Crippen LogP contribution in [0.15, 0.2) is 52.2 Å². The standard InChI is InChI=1S/C22H23N5OS/c1-4-5-11-18-25-27-20(23)17(21(28)24-22(27)29-18)13-16-10-7-12-26(16)19-14(2)8-6-9-15(19)3/h6-10,12-13,23H,4-5,11H2,1-3H3/b17-13-,23-20?. The van der Waals surface area contributed by atoms with Crippen molar-refractivity contribution in [3.8, 4) is 5.69 Å². The van der Waals surface area contributed by atoms with Crippen LogP contribution in [-0.4, -0.2) is 31.5 Å². The minimum Gasteiger partial charge on any atom is -0.317 e. The van der Waals surface area contributed by atoms with Crippen LogP contribution in [0.2, 0.25) is 0 Å². The number of nitrogens with one attached hydrogen (secondary N) is 1. The molecule has 2 aromatic rings. The van der Waals surface area contributed by atoms with Gasteiger partial charge < -0.3 is 4.57 Å². The minimum atomic E-state index is -0.394. The molecule has 0 unspecified atom stereocenters. The Morgan fingerprint density at radius 3 is 2.66 bits per heavy atom. The summed E-state index contributed by atoms with van der Waals surface area (Å²) in [5.41, 5.74) is 4.46. The Hall–Kier alpha value is -2.93. The van der Waals surface area contributed by atoms with Crippen molar-refractivity contribution in [1.29, 1.82) is 5.41 Å². The zero-order valence-corrected chi connectivity index (χ0v) is 17.6. The number of para-hydroxylation sites is 1. The van der Waals surface area contributed by atoms with E-state index in [1.54, 1.807) is 6.08 Å². The van der Waals surface area contributed by atoms with E-state index in [0.717, 1.165) is 46.8 Å². The molecule has 148 valence electrons. The first-order chi connectivity index (χ1) is 14.0. The number of carbonyl (C=O) groups excluding carboxylic acids is 1. The fraction of sp³-hybridized carbons (Fsp3) is 0.273. The van der Waals surface area contributed by atoms with Crippen LogP contribution in [0, 0.1) is 19.3 Å². The Balaban J connectivity index is 1.71. The highest BCUT2D eigenvalue weighted by Crippen LogP contribution is 2.30. The number of amidine groups is 2. The zero-order chi connectivity index (χ0) is 20.5. The highest BCUT2D eigenvalue weighted by molar-refractivity contribution is 8.26. The molecule has 6 nitrogen and oxygen atoms in total. The van der Waals surface area contributed by atoms with Gasteiger partial charge in [0.1, 0.15) is 5.04 Å². The van der Waals surface area contributed by atoms with Crippen molar-refractivity contribution in [2.24, 2.45) is 10.1 Å². The largest absolute Gasteiger partial charge is 0.317 e. The first-order valence-electron chi connectivity index (χ1n) is 9.72. The van der Waals surface area contributed by atoms with Crippen molar-refractivity contribution in [2.45, 2.75) is 40.0 Å². The van der Waals surface area contributed by atoms with Gasteiger partial charge in [0, 0.05) is 11.9 Å². The van der Waals surface area contributed by atoms with Crippen LogP contribution < -0.4 is 0 Å². The van der Waals surface area contributed by atoms with Gasteiger partial charge in [0.25, 0.3) is 5.91 Å². The molecule has 4 rings (SSSR count). The molecule has 7 heteroatoms. The van der Waals surface area contributed by atoms with Crippen LogP contribution >= 0.6 is 11.8 Å². The van der Waals surface area contributed by atoms with Crippen molar-refractivity contribution in [3.05, 3.63) is 58.9 Å². The van der Waals surface area contributed by atoms with Gasteiger partial charge in [-0.25, -0.2) is 0 Å². The number of aliphatic imine (C=N–C) groups is 1. The monoisotopic (exact) mass is 405 g/mol. The van der Waals surface area contributed by atoms with E-state index in [4.69, 9.17) is 5.41 Å². The topological polar surface area (TPSA) is 73.8 Å². The summed E-state index contributed by atoms with van der Waals surface area (Å²) in [4.78, 5) is 16.9. The Kier molecular flexibility index (Phi) is 5.24. The molecule has 0 aliphatic carbocycles. The van der Waals surface area contributed by atoms with Gasteiger partial charge in [0.15, 0.2) is 5.84 Å². The molecule has 2 aliphatic rings. The summed E-state index contributed by atoms with van der Waals surface area (Å²) >= 11 is 1.39. The van der Waals surface area contributed by atoms with Gasteiger partial charge in [0.05, 0.1) is 11.3 Å². The number of aryl methyl sites for hydroxylation is 2. The molecule has 1 aromatic heterocycles.